The molecule has 1 aromatic rings. The lowest BCUT2D eigenvalue weighted by molar-refractivity contribution is 0.0184. The van der Waals surface area contributed by atoms with Crippen molar-refractivity contribution in [3.8, 4) is 0 Å². The van der Waals surface area contributed by atoms with E-state index in [4.69, 9.17) is 10.5 Å². The summed E-state index contributed by atoms with van der Waals surface area (Å²) in [5, 5.41) is 0. The van der Waals surface area contributed by atoms with E-state index in [0.717, 1.165) is 38.5 Å². The van der Waals surface area contributed by atoms with Crippen molar-refractivity contribution >= 4 is 0 Å². The molecule has 0 aliphatic carbocycles. The molecule has 0 spiro atoms. The predicted molar refractivity (Wildman–Crippen MR) is 78.2 cm³/mol. The van der Waals surface area contributed by atoms with Crippen molar-refractivity contribution in [1.29, 1.82) is 0 Å². The number of morpholine rings is 1. The van der Waals surface area contributed by atoms with Crippen LogP contribution >= 0.6 is 0 Å². The second-order valence-corrected chi connectivity index (χ2v) is 5.69. The second kappa shape index (κ2) is 6.63. The molecule has 0 aromatic carbocycles. The van der Waals surface area contributed by atoms with E-state index in [2.05, 4.69) is 26.9 Å². The number of aromatic nitrogens is 1. The van der Waals surface area contributed by atoms with Crippen LogP contribution in [0.25, 0.3) is 0 Å². The lowest BCUT2D eigenvalue weighted by Crippen LogP contribution is -2.44. The number of nitrogens with two attached hydrogens (primary N) is 1. The molecule has 2 aliphatic heterocycles. The summed E-state index contributed by atoms with van der Waals surface area (Å²) in [6, 6.07) is 4.93. The quantitative estimate of drug-likeness (QED) is 0.865. The van der Waals surface area contributed by atoms with Gasteiger partial charge in [-0.3, -0.25) is 14.8 Å². The SMILES string of the molecule is NCc1cc(CN2CCC(N3CCOCC3)C2)ccn1. The molecule has 0 amide bonds. The molecule has 110 valence electrons. The zero-order valence-corrected chi connectivity index (χ0v) is 12.0. The Kier molecular flexibility index (Phi) is 4.62. The summed E-state index contributed by atoms with van der Waals surface area (Å²) in [7, 11) is 0. The number of pyridine rings is 1. The van der Waals surface area contributed by atoms with Crippen LogP contribution in [-0.2, 0) is 17.8 Å². The normalized spacial score (nSPS) is 25.1. The van der Waals surface area contributed by atoms with Crippen molar-refractivity contribution in [2.24, 2.45) is 5.73 Å². The highest BCUT2D eigenvalue weighted by molar-refractivity contribution is 5.16. The minimum atomic E-state index is 0.518. The van der Waals surface area contributed by atoms with Gasteiger partial charge in [0.25, 0.3) is 0 Å². The Bertz CT molecular complexity index is 434. The van der Waals surface area contributed by atoms with Gasteiger partial charge >= 0.3 is 0 Å². The number of nitrogens with zero attached hydrogens (tertiary/aromatic N) is 3. The molecule has 2 aliphatic rings. The van der Waals surface area contributed by atoms with Crippen LogP contribution in [0.2, 0.25) is 0 Å². The highest BCUT2D eigenvalue weighted by Crippen LogP contribution is 2.19. The molecule has 0 bridgehead atoms. The maximum Gasteiger partial charge on any atom is 0.0594 e. The van der Waals surface area contributed by atoms with E-state index in [9.17, 15) is 0 Å². The van der Waals surface area contributed by atoms with Crippen molar-refractivity contribution in [2.75, 3.05) is 39.4 Å². The summed E-state index contributed by atoms with van der Waals surface area (Å²) in [6.07, 6.45) is 3.14. The molecule has 2 N–H and O–H groups in total. The van der Waals surface area contributed by atoms with Gasteiger partial charge in [-0.1, -0.05) is 0 Å². The van der Waals surface area contributed by atoms with Crippen LogP contribution in [-0.4, -0.2) is 60.2 Å². The van der Waals surface area contributed by atoms with Gasteiger partial charge in [0.05, 0.1) is 18.9 Å². The first kappa shape index (κ1) is 13.9. The van der Waals surface area contributed by atoms with Gasteiger partial charge in [-0.15, -0.1) is 0 Å². The first-order chi connectivity index (χ1) is 9.85. The summed E-state index contributed by atoms with van der Waals surface area (Å²) in [6.45, 7) is 7.83. The highest BCUT2D eigenvalue weighted by atomic mass is 16.5. The van der Waals surface area contributed by atoms with Gasteiger partial charge in [0.1, 0.15) is 0 Å². The number of hydrogen-bond acceptors (Lipinski definition) is 5. The Hall–Kier alpha value is -1.01. The monoisotopic (exact) mass is 276 g/mol. The molecule has 5 heteroatoms. The summed E-state index contributed by atoms with van der Waals surface area (Å²) in [5.41, 5.74) is 7.95. The van der Waals surface area contributed by atoms with Crippen LogP contribution in [0.4, 0.5) is 0 Å². The average molecular weight is 276 g/mol. The van der Waals surface area contributed by atoms with Gasteiger partial charge in [0.2, 0.25) is 0 Å². The van der Waals surface area contributed by atoms with E-state index in [0.29, 0.717) is 12.6 Å². The van der Waals surface area contributed by atoms with E-state index >= 15 is 0 Å². The molecule has 3 rings (SSSR count). The Balaban J connectivity index is 1.54. The van der Waals surface area contributed by atoms with Crippen LogP contribution in [0.1, 0.15) is 17.7 Å². The average Bonchev–Trinajstić information content (AvgIpc) is 2.97. The van der Waals surface area contributed by atoms with Gasteiger partial charge in [-0.2, -0.15) is 0 Å². The molecular formula is C15H24N4O. The van der Waals surface area contributed by atoms with Gasteiger partial charge in [-0.25, -0.2) is 0 Å². The van der Waals surface area contributed by atoms with Gasteiger partial charge < -0.3 is 10.5 Å². The van der Waals surface area contributed by atoms with E-state index in [1.54, 1.807) is 0 Å². The summed E-state index contributed by atoms with van der Waals surface area (Å²) in [4.78, 5) is 9.38. The second-order valence-electron chi connectivity index (χ2n) is 5.69. The van der Waals surface area contributed by atoms with E-state index < -0.39 is 0 Å². The highest BCUT2D eigenvalue weighted by Gasteiger charge is 2.28. The maximum absolute atomic E-state index is 5.65. The van der Waals surface area contributed by atoms with Gasteiger partial charge in [-0.05, 0) is 24.1 Å². The Labute approximate surface area is 120 Å². The molecule has 2 fully saturated rings. The molecule has 20 heavy (non-hydrogen) atoms. The van der Waals surface area contributed by atoms with Crippen LogP contribution in [0.3, 0.4) is 0 Å². The molecule has 1 unspecified atom stereocenters. The molecule has 1 atom stereocenters. The van der Waals surface area contributed by atoms with Crippen LogP contribution < -0.4 is 5.73 Å². The number of hydrogen-bond donors (Lipinski definition) is 1. The van der Waals surface area contributed by atoms with Crippen molar-refractivity contribution < 1.29 is 4.74 Å². The molecule has 3 heterocycles. The summed E-state index contributed by atoms with van der Waals surface area (Å²) >= 11 is 0. The smallest absolute Gasteiger partial charge is 0.0594 e. The molecule has 5 nitrogen and oxygen atoms in total. The van der Waals surface area contributed by atoms with E-state index in [1.807, 2.05) is 6.20 Å². The molecular weight excluding hydrogens is 252 g/mol. The largest absolute Gasteiger partial charge is 0.379 e. The number of ether oxygens (including phenoxy) is 1. The summed E-state index contributed by atoms with van der Waals surface area (Å²) < 4.78 is 5.43. The first-order valence-corrected chi connectivity index (χ1v) is 7.53. The maximum atomic E-state index is 5.65. The van der Waals surface area contributed by atoms with E-state index in [-0.39, 0.29) is 0 Å². The summed E-state index contributed by atoms with van der Waals surface area (Å²) in [5.74, 6) is 0. The molecule has 2 saturated heterocycles. The third-order valence-corrected chi connectivity index (χ3v) is 4.31. The molecule has 1 aromatic heterocycles. The zero-order chi connectivity index (χ0) is 13.8. The van der Waals surface area contributed by atoms with Crippen molar-refractivity contribution in [1.82, 2.24) is 14.8 Å². The number of likely N-dealkylation sites (tertiary alicyclic amines) is 1. The van der Waals surface area contributed by atoms with E-state index in [1.165, 1.54) is 25.1 Å². The molecule has 0 saturated carbocycles. The standard InChI is InChI=1S/C15H24N4O/c16-10-14-9-13(1-3-17-14)11-18-4-2-15(12-18)19-5-7-20-8-6-19/h1,3,9,15H,2,4-8,10-12,16H2. The molecule has 0 radical (unpaired) electrons. The van der Waals surface area contributed by atoms with Gasteiger partial charge in [0, 0.05) is 51.5 Å². The Morgan fingerprint density at radius 1 is 1.30 bits per heavy atom. The zero-order valence-electron chi connectivity index (χ0n) is 12.0. The van der Waals surface area contributed by atoms with Gasteiger partial charge in [0.15, 0.2) is 0 Å². The lowest BCUT2D eigenvalue weighted by atomic mass is 10.2. The third kappa shape index (κ3) is 3.35. The van der Waals surface area contributed by atoms with Crippen LogP contribution in [0, 0.1) is 0 Å². The van der Waals surface area contributed by atoms with Crippen LogP contribution in [0.15, 0.2) is 18.3 Å². The van der Waals surface area contributed by atoms with Crippen molar-refractivity contribution in [3.05, 3.63) is 29.6 Å². The Morgan fingerprint density at radius 2 is 2.15 bits per heavy atom. The van der Waals surface area contributed by atoms with Crippen molar-refractivity contribution in [2.45, 2.75) is 25.6 Å². The van der Waals surface area contributed by atoms with Crippen LogP contribution in [0.5, 0.6) is 0 Å². The predicted octanol–water partition coefficient (Wildman–Crippen LogP) is 0.447. The fraction of sp³-hybridized carbons (Fsp3) is 0.667. The first-order valence-electron chi connectivity index (χ1n) is 7.53. The fourth-order valence-electron chi connectivity index (χ4n) is 3.19. The Morgan fingerprint density at radius 3 is 2.95 bits per heavy atom. The van der Waals surface area contributed by atoms with Crippen molar-refractivity contribution in [3.63, 3.8) is 0 Å². The minimum Gasteiger partial charge on any atom is -0.379 e. The lowest BCUT2D eigenvalue weighted by Gasteiger charge is -2.32. The third-order valence-electron chi connectivity index (χ3n) is 4.31. The number of rotatable bonds is 4. The topological polar surface area (TPSA) is 54.6 Å². The minimum absolute atomic E-state index is 0.518. The fourth-order valence-corrected chi connectivity index (χ4v) is 3.19.